The van der Waals surface area contributed by atoms with Crippen molar-refractivity contribution >= 4 is 34.5 Å². The summed E-state index contributed by atoms with van der Waals surface area (Å²) in [6.07, 6.45) is 0. The maximum atomic E-state index is 12.5. The molecule has 8 heteroatoms. The van der Waals surface area contributed by atoms with Crippen LogP contribution in [0.15, 0.2) is 47.4 Å². The van der Waals surface area contributed by atoms with Crippen molar-refractivity contribution in [2.45, 2.75) is 10.7 Å². The van der Waals surface area contributed by atoms with Gasteiger partial charge in [-0.2, -0.15) is 8.78 Å². The Kier molecular flexibility index (Phi) is 4.59. The first-order valence-corrected chi connectivity index (χ1v) is 6.70. The van der Waals surface area contributed by atoms with Crippen molar-refractivity contribution < 1.29 is 13.7 Å². The van der Waals surface area contributed by atoms with Crippen LogP contribution in [-0.2, 0) is 0 Å². The molecule has 0 bridgehead atoms. The molecule has 21 heavy (non-hydrogen) atoms. The molecule has 110 valence electrons. The first kappa shape index (κ1) is 15.0. The molecule has 2 aromatic rings. The number of alkyl halides is 2. The zero-order chi connectivity index (χ0) is 15.4. The van der Waals surface area contributed by atoms with Gasteiger partial charge < -0.3 is 11.1 Å². The molecular weight excluding hydrogens is 300 g/mol. The number of nitrogens with zero attached hydrogens (tertiary/aromatic N) is 1. The Labute approximate surface area is 123 Å². The van der Waals surface area contributed by atoms with E-state index in [0.29, 0.717) is 22.3 Å². The number of nitro groups is 1. The van der Waals surface area contributed by atoms with Gasteiger partial charge in [0.05, 0.1) is 10.6 Å². The smallest absolute Gasteiger partial charge is 0.315 e. The fourth-order valence-electron chi connectivity index (χ4n) is 1.78. The molecule has 0 amide bonds. The van der Waals surface area contributed by atoms with E-state index in [1.165, 1.54) is 18.2 Å². The number of hydrogen-bond acceptors (Lipinski definition) is 5. The van der Waals surface area contributed by atoms with E-state index in [2.05, 4.69) is 5.32 Å². The summed E-state index contributed by atoms with van der Waals surface area (Å²) >= 11 is 0.366. The number of nitrogens with one attached hydrogen (secondary N) is 1. The summed E-state index contributed by atoms with van der Waals surface area (Å²) < 4.78 is 25.0. The Hall–Kier alpha value is -2.35. The minimum atomic E-state index is -2.58. The van der Waals surface area contributed by atoms with E-state index in [-0.39, 0.29) is 17.1 Å². The number of nitrogen functional groups attached to an aromatic ring is 1. The number of thioether (sulfide) groups is 1. The van der Waals surface area contributed by atoms with Gasteiger partial charge in [0.1, 0.15) is 11.4 Å². The van der Waals surface area contributed by atoms with Crippen LogP contribution in [0, 0.1) is 10.1 Å². The number of anilines is 3. The maximum Gasteiger partial charge on any atom is 0.315 e. The summed E-state index contributed by atoms with van der Waals surface area (Å²) in [6, 6.07) is 10.8. The molecule has 0 atom stereocenters. The molecule has 0 saturated carbocycles. The standard InChI is InChI=1S/C13H11F2N3O2S/c14-13(15)21-11-7-2-1-5-9(11)17-10-6-3-4-8(16)12(10)18(19)20/h1-7,13,17H,16H2. The van der Waals surface area contributed by atoms with Gasteiger partial charge in [0.2, 0.25) is 0 Å². The Bertz CT molecular complexity index is 668. The van der Waals surface area contributed by atoms with E-state index in [0.717, 1.165) is 0 Å². The third-order valence-corrected chi connectivity index (χ3v) is 3.41. The van der Waals surface area contributed by atoms with Gasteiger partial charge in [-0.1, -0.05) is 30.0 Å². The third-order valence-electron chi connectivity index (χ3n) is 2.62. The predicted octanol–water partition coefficient (Wildman–Crippen LogP) is 4.24. The van der Waals surface area contributed by atoms with Crippen LogP contribution in [0.5, 0.6) is 0 Å². The normalized spacial score (nSPS) is 10.6. The number of halogens is 2. The molecule has 2 aromatic carbocycles. The van der Waals surface area contributed by atoms with Crippen LogP contribution in [0.4, 0.5) is 31.5 Å². The first-order valence-electron chi connectivity index (χ1n) is 5.83. The minimum Gasteiger partial charge on any atom is -0.393 e. The van der Waals surface area contributed by atoms with Crippen LogP contribution in [-0.4, -0.2) is 10.7 Å². The van der Waals surface area contributed by atoms with Crippen LogP contribution in [0.2, 0.25) is 0 Å². The van der Waals surface area contributed by atoms with Crippen molar-refractivity contribution in [3.8, 4) is 0 Å². The number of para-hydroxylation sites is 2. The minimum absolute atomic E-state index is 0.00370. The van der Waals surface area contributed by atoms with Gasteiger partial charge in [-0.3, -0.25) is 10.1 Å². The van der Waals surface area contributed by atoms with E-state index < -0.39 is 10.7 Å². The molecule has 0 unspecified atom stereocenters. The highest BCUT2D eigenvalue weighted by atomic mass is 32.2. The van der Waals surface area contributed by atoms with Gasteiger partial charge in [0.15, 0.2) is 0 Å². The SMILES string of the molecule is Nc1cccc(Nc2ccccc2SC(F)F)c1[N+](=O)[O-]. The summed E-state index contributed by atoms with van der Waals surface area (Å²) in [7, 11) is 0. The molecule has 0 aliphatic heterocycles. The summed E-state index contributed by atoms with van der Waals surface area (Å²) in [5.74, 6) is -2.58. The fourth-order valence-corrected chi connectivity index (χ4v) is 2.37. The van der Waals surface area contributed by atoms with Crippen LogP contribution < -0.4 is 11.1 Å². The molecule has 0 radical (unpaired) electrons. The molecule has 5 nitrogen and oxygen atoms in total. The molecule has 0 aromatic heterocycles. The average molecular weight is 311 g/mol. The van der Waals surface area contributed by atoms with Crippen LogP contribution in [0.1, 0.15) is 0 Å². The third kappa shape index (κ3) is 3.60. The molecule has 0 fully saturated rings. The predicted molar refractivity (Wildman–Crippen MR) is 79.1 cm³/mol. The lowest BCUT2D eigenvalue weighted by Gasteiger charge is -2.12. The number of nitro benzene ring substituents is 1. The molecule has 2 rings (SSSR count). The van der Waals surface area contributed by atoms with Gasteiger partial charge >= 0.3 is 5.69 Å². The Morgan fingerprint density at radius 2 is 1.81 bits per heavy atom. The van der Waals surface area contributed by atoms with Crippen molar-refractivity contribution in [3.05, 3.63) is 52.6 Å². The highest BCUT2D eigenvalue weighted by molar-refractivity contribution is 7.99. The second kappa shape index (κ2) is 6.40. The van der Waals surface area contributed by atoms with E-state index in [9.17, 15) is 18.9 Å². The molecule has 0 aliphatic carbocycles. The average Bonchev–Trinajstić information content (AvgIpc) is 2.40. The maximum absolute atomic E-state index is 12.5. The Morgan fingerprint density at radius 3 is 2.48 bits per heavy atom. The zero-order valence-corrected chi connectivity index (χ0v) is 11.4. The second-order valence-corrected chi connectivity index (χ2v) is 5.03. The van der Waals surface area contributed by atoms with E-state index in [1.807, 2.05) is 0 Å². The van der Waals surface area contributed by atoms with Gasteiger partial charge in [-0.05, 0) is 24.3 Å². The van der Waals surface area contributed by atoms with E-state index >= 15 is 0 Å². The van der Waals surface area contributed by atoms with Crippen LogP contribution in [0.3, 0.4) is 0 Å². The topological polar surface area (TPSA) is 81.2 Å². The van der Waals surface area contributed by atoms with Crippen molar-refractivity contribution in [2.75, 3.05) is 11.1 Å². The molecule has 0 saturated heterocycles. The summed E-state index contributed by atoms with van der Waals surface area (Å²) in [6.45, 7) is 0. The van der Waals surface area contributed by atoms with E-state index in [1.54, 1.807) is 24.3 Å². The summed E-state index contributed by atoms with van der Waals surface area (Å²) in [4.78, 5) is 10.7. The molecule has 0 spiro atoms. The summed E-state index contributed by atoms with van der Waals surface area (Å²) in [5, 5.41) is 13.8. The van der Waals surface area contributed by atoms with E-state index in [4.69, 9.17) is 5.73 Å². The first-order chi connectivity index (χ1) is 9.99. The van der Waals surface area contributed by atoms with Gasteiger partial charge in [-0.25, -0.2) is 0 Å². The molecule has 3 N–H and O–H groups in total. The molecule has 0 aliphatic rings. The van der Waals surface area contributed by atoms with Crippen molar-refractivity contribution in [1.29, 1.82) is 0 Å². The largest absolute Gasteiger partial charge is 0.393 e. The Balaban J connectivity index is 2.39. The number of rotatable bonds is 5. The quantitative estimate of drug-likeness (QED) is 0.374. The van der Waals surface area contributed by atoms with Gasteiger partial charge in [-0.15, -0.1) is 0 Å². The zero-order valence-electron chi connectivity index (χ0n) is 10.6. The lowest BCUT2D eigenvalue weighted by Crippen LogP contribution is -2.01. The van der Waals surface area contributed by atoms with Crippen LogP contribution in [0.25, 0.3) is 0 Å². The number of nitrogens with two attached hydrogens (primary N) is 1. The van der Waals surface area contributed by atoms with Gasteiger partial charge in [0, 0.05) is 4.90 Å². The van der Waals surface area contributed by atoms with Crippen molar-refractivity contribution in [1.82, 2.24) is 0 Å². The fraction of sp³-hybridized carbons (Fsp3) is 0.0769. The Morgan fingerprint density at radius 1 is 1.14 bits per heavy atom. The van der Waals surface area contributed by atoms with Gasteiger partial charge in [0.25, 0.3) is 5.76 Å². The van der Waals surface area contributed by atoms with Crippen LogP contribution >= 0.6 is 11.8 Å². The lowest BCUT2D eigenvalue weighted by molar-refractivity contribution is -0.383. The monoisotopic (exact) mass is 311 g/mol. The van der Waals surface area contributed by atoms with Crippen molar-refractivity contribution in [2.24, 2.45) is 0 Å². The second-order valence-electron chi connectivity index (χ2n) is 4.00. The summed E-state index contributed by atoms with van der Waals surface area (Å²) in [5.41, 5.74) is 5.82. The highest BCUT2D eigenvalue weighted by Gasteiger charge is 2.19. The molecule has 0 heterocycles. The number of benzene rings is 2. The lowest BCUT2D eigenvalue weighted by atomic mass is 10.2. The highest BCUT2D eigenvalue weighted by Crippen LogP contribution is 2.37. The number of hydrogen-bond donors (Lipinski definition) is 2. The van der Waals surface area contributed by atoms with Crippen molar-refractivity contribution in [3.63, 3.8) is 0 Å². The molecular formula is C13H11F2N3O2S.